The van der Waals surface area contributed by atoms with Crippen LogP contribution in [0.2, 0.25) is 0 Å². The summed E-state index contributed by atoms with van der Waals surface area (Å²) in [7, 11) is 3.73. The van der Waals surface area contributed by atoms with Crippen LogP contribution in [0.25, 0.3) is 5.69 Å². The van der Waals surface area contributed by atoms with E-state index in [1.165, 1.54) is 10.6 Å². The van der Waals surface area contributed by atoms with Crippen molar-refractivity contribution in [2.24, 2.45) is 0 Å². The van der Waals surface area contributed by atoms with Crippen LogP contribution in [0.4, 0.5) is 4.39 Å². The molecule has 1 aliphatic rings. The van der Waals surface area contributed by atoms with Gasteiger partial charge in [-0.1, -0.05) is 0 Å². The number of carbonyl (C=O) groups is 1. The Balaban J connectivity index is 2.06. The molecule has 0 bridgehead atoms. The van der Waals surface area contributed by atoms with Gasteiger partial charge in [-0.2, -0.15) is 4.68 Å². The van der Waals surface area contributed by atoms with E-state index in [9.17, 15) is 19.1 Å². The third-order valence-corrected chi connectivity index (χ3v) is 4.43. The summed E-state index contributed by atoms with van der Waals surface area (Å²) in [6.07, 6.45) is 2.12. The molecule has 146 valence electrons. The third-order valence-electron chi connectivity index (χ3n) is 4.43. The first-order chi connectivity index (χ1) is 12.8. The number of rotatable bonds is 6. The van der Waals surface area contributed by atoms with Crippen molar-refractivity contribution in [1.82, 2.24) is 19.2 Å². The average Bonchev–Trinajstić information content (AvgIpc) is 2.92. The quantitative estimate of drug-likeness (QED) is 0.820. The number of aromatic nitrogens is 3. The van der Waals surface area contributed by atoms with Gasteiger partial charge in [0, 0.05) is 25.6 Å². The Morgan fingerprint density at radius 2 is 2.15 bits per heavy atom. The van der Waals surface area contributed by atoms with Gasteiger partial charge in [0.05, 0.1) is 0 Å². The van der Waals surface area contributed by atoms with E-state index in [2.05, 4.69) is 5.10 Å². The zero-order chi connectivity index (χ0) is 19.7. The summed E-state index contributed by atoms with van der Waals surface area (Å²) in [6.45, 7) is 2.88. The fourth-order valence-electron chi connectivity index (χ4n) is 3.29. The number of aromatic carboxylic acids is 1. The normalized spacial score (nSPS) is 14.9. The van der Waals surface area contributed by atoms with Gasteiger partial charge in [0.2, 0.25) is 0 Å². The highest BCUT2D eigenvalue weighted by atomic mass is 19.1. The first-order valence-electron chi connectivity index (χ1n) is 8.85. The lowest BCUT2D eigenvalue weighted by Gasteiger charge is -2.20. The first kappa shape index (κ1) is 19.1. The van der Waals surface area contributed by atoms with Gasteiger partial charge in [-0.05, 0) is 39.9 Å². The van der Waals surface area contributed by atoms with Crippen molar-refractivity contribution in [2.45, 2.75) is 38.8 Å². The van der Waals surface area contributed by atoms with Crippen LogP contribution < -0.4 is 10.4 Å². The Labute approximate surface area is 155 Å². The summed E-state index contributed by atoms with van der Waals surface area (Å²) in [5.41, 5.74) is -0.836. The molecule has 1 unspecified atom stereocenters. The van der Waals surface area contributed by atoms with Gasteiger partial charge in [-0.3, -0.25) is 4.57 Å². The van der Waals surface area contributed by atoms with Crippen LogP contribution in [-0.2, 0) is 13.0 Å². The summed E-state index contributed by atoms with van der Waals surface area (Å²) in [5.74, 6) is -1.52. The summed E-state index contributed by atoms with van der Waals surface area (Å²) in [4.78, 5) is 26.0. The molecule has 1 aromatic heterocycles. The van der Waals surface area contributed by atoms with E-state index in [1.54, 1.807) is 6.92 Å². The molecular weight excluding hydrogens is 355 g/mol. The summed E-state index contributed by atoms with van der Waals surface area (Å²) < 4.78 is 22.9. The Morgan fingerprint density at radius 1 is 1.41 bits per heavy atom. The van der Waals surface area contributed by atoms with Crippen LogP contribution in [-0.4, -0.2) is 57.1 Å². The zero-order valence-electron chi connectivity index (χ0n) is 15.6. The summed E-state index contributed by atoms with van der Waals surface area (Å²) in [6, 6.07) is 2.12. The molecule has 0 aliphatic carbocycles. The molecule has 0 saturated carbocycles. The Hall–Kier alpha value is -2.68. The largest absolute Gasteiger partial charge is 0.488 e. The monoisotopic (exact) mass is 378 g/mol. The average molecular weight is 378 g/mol. The second-order valence-electron chi connectivity index (χ2n) is 7.01. The Bertz CT molecular complexity index is 919. The van der Waals surface area contributed by atoms with Crippen LogP contribution in [0.5, 0.6) is 5.75 Å². The molecule has 27 heavy (non-hydrogen) atoms. The number of carboxylic acids is 1. The number of hydrogen-bond acceptors (Lipinski definition) is 5. The minimum atomic E-state index is -1.30. The number of halogens is 1. The van der Waals surface area contributed by atoms with Gasteiger partial charge in [-0.15, -0.1) is 5.10 Å². The zero-order valence-corrected chi connectivity index (χ0v) is 15.6. The van der Waals surface area contributed by atoms with E-state index < -0.39 is 17.5 Å². The lowest BCUT2D eigenvalue weighted by molar-refractivity contribution is 0.0688. The molecule has 0 saturated heterocycles. The van der Waals surface area contributed by atoms with Crippen LogP contribution in [0.15, 0.2) is 16.9 Å². The lowest BCUT2D eigenvalue weighted by Crippen LogP contribution is -2.29. The van der Waals surface area contributed by atoms with E-state index >= 15 is 0 Å². The number of benzene rings is 1. The van der Waals surface area contributed by atoms with Crippen LogP contribution in [0.3, 0.4) is 0 Å². The highest BCUT2D eigenvalue weighted by Crippen LogP contribution is 2.26. The molecule has 2 heterocycles. The molecule has 0 fully saturated rings. The number of aryl methyl sites for hydroxylation is 1. The minimum absolute atomic E-state index is 0.00567. The van der Waals surface area contributed by atoms with E-state index in [4.69, 9.17) is 4.74 Å². The number of ether oxygens (including phenoxy) is 1. The van der Waals surface area contributed by atoms with Crippen molar-refractivity contribution >= 4 is 5.97 Å². The van der Waals surface area contributed by atoms with Crippen molar-refractivity contribution in [3.8, 4) is 11.4 Å². The van der Waals surface area contributed by atoms with Gasteiger partial charge >= 0.3 is 11.7 Å². The Morgan fingerprint density at radius 3 is 2.78 bits per heavy atom. The molecule has 2 aromatic rings. The Kier molecular flexibility index (Phi) is 5.31. The molecule has 1 aromatic carbocycles. The number of carboxylic acid groups (broad SMARTS) is 1. The molecule has 1 N–H and O–H groups in total. The van der Waals surface area contributed by atoms with Crippen molar-refractivity contribution in [1.29, 1.82) is 0 Å². The molecule has 0 radical (unpaired) electrons. The molecule has 0 spiro atoms. The molecule has 3 rings (SSSR count). The maximum atomic E-state index is 14.6. The number of nitrogens with zero attached hydrogens (tertiary/aromatic N) is 4. The number of hydrogen-bond donors (Lipinski definition) is 1. The van der Waals surface area contributed by atoms with Crippen molar-refractivity contribution in [2.75, 3.05) is 20.6 Å². The standard InChI is InChI=1S/C18H23FN4O4/c1-11(10-21(2)3)27-15-9-14(13(19)8-12(15)17(24)25)23-18(26)22-7-5-4-6-16(22)20-23/h8-9,11H,4-7,10H2,1-3H3,(H,24,25). The van der Waals surface area contributed by atoms with Gasteiger partial charge in [0.1, 0.15) is 34.7 Å². The predicted octanol–water partition coefficient (Wildman–Crippen LogP) is 1.54. The second-order valence-corrected chi connectivity index (χ2v) is 7.01. The second kappa shape index (κ2) is 7.51. The van der Waals surface area contributed by atoms with Crippen molar-refractivity contribution in [3.63, 3.8) is 0 Å². The predicted molar refractivity (Wildman–Crippen MR) is 96.3 cm³/mol. The fourth-order valence-corrected chi connectivity index (χ4v) is 3.29. The van der Waals surface area contributed by atoms with E-state index in [-0.39, 0.29) is 23.1 Å². The molecule has 8 nitrogen and oxygen atoms in total. The van der Waals surface area contributed by atoms with Crippen molar-refractivity contribution in [3.05, 3.63) is 39.8 Å². The van der Waals surface area contributed by atoms with Crippen LogP contribution in [0.1, 0.15) is 35.9 Å². The summed E-state index contributed by atoms with van der Waals surface area (Å²) in [5, 5.41) is 13.6. The van der Waals surface area contributed by atoms with E-state index in [0.29, 0.717) is 25.3 Å². The molecule has 0 amide bonds. The molecular formula is C18H23FN4O4. The molecule has 1 atom stereocenters. The third kappa shape index (κ3) is 3.87. The van der Waals surface area contributed by atoms with Crippen LogP contribution in [0, 0.1) is 5.82 Å². The maximum Gasteiger partial charge on any atom is 0.350 e. The summed E-state index contributed by atoms with van der Waals surface area (Å²) >= 11 is 0. The lowest BCUT2D eigenvalue weighted by atomic mass is 10.1. The minimum Gasteiger partial charge on any atom is -0.488 e. The molecule has 1 aliphatic heterocycles. The highest BCUT2D eigenvalue weighted by Gasteiger charge is 2.23. The highest BCUT2D eigenvalue weighted by molar-refractivity contribution is 5.91. The van der Waals surface area contributed by atoms with Crippen molar-refractivity contribution < 1.29 is 19.0 Å². The van der Waals surface area contributed by atoms with Gasteiger partial charge in [-0.25, -0.2) is 14.0 Å². The van der Waals surface area contributed by atoms with Gasteiger partial charge in [0.15, 0.2) is 0 Å². The SMILES string of the molecule is CC(CN(C)C)Oc1cc(-n2nc3n(c2=O)CCCC3)c(F)cc1C(=O)O. The smallest absolute Gasteiger partial charge is 0.350 e. The maximum absolute atomic E-state index is 14.6. The van der Waals surface area contributed by atoms with Gasteiger partial charge in [0.25, 0.3) is 0 Å². The van der Waals surface area contributed by atoms with Crippen LogP contribution >= 0.6 is 0 Å². The number of likely N-dealkylation sites (N-methyl/N-ethyl adjacent to an activating group) is 1. The number of fused-ring (bicyclic) bond motifs is 1. The van der Waals surface area contributed by atoms with Gasteiger partial charge < -0.3 is 14.7 Å². The van der Waals surface area contributed by atoms with E-state index in [1.807, 2.05) is 19.0 Å². The first-order valence-corrected chi connectivity index (χ1v) is 8.85. The van der Waals surface area contributed by atoms with E-state index in [0.717, 1.165) is 23.6 Å². The topological polar surface area (TPSA) is 89.6 Å². The molecule has 9 heteroatoms. The fraction of sp³-hybridized carbons (Fsp3) is 0.500.